The summed E-state index contributed by atoms with van der Waals surface area (Å²) in [4.78, 5) is 32.1. The first-order valence-electron chi connectivity index (χ1n) is 11.1. The summed E-state index contributed by atoms with van der Waals surface area (Å²) in [6.07, 6.45) is 3.95. The van der Waals surface area contributed by atoms with Crippen molar-refractivity contribution in [3.8, 4) is 5.75 Å². The second-order valence-corrected chi connectivity index (χ2v) is 8.97. The van der Waals surface area contributed by atoms with Crippen LogP contribution in [0.15, 0.2) is 34.1 Å². The minimum Gasteiger partial charge on any atom is -0.497 e. The predicted molar refractivity (Wildman–Crippen MR) is 125 cm³/mol. The monoisotopic (exact) mass is 458 g/mol. The van der Waals surface area contributed by atoms with Crippen LogP contribution >= 0.6 is 11.8 Å². The smallest absolute Gasteiger partial charge is 0.348 e. The molecule has 8 nitrogen and oxygen atoms in total. The van der Waals surface area contributed by atoms with Gasteiger partial charge in [0.25, 0.3) is 0 Å². The highest BCUT2D eigenvalue weighted by atomic mass is 32.2. The summed E-state index contributed by atoms with van der Waals surface area (Å²) in [5.74, 6) is 0.756. The third kappa shape index (κ3) is 5.70. The molecule has 0 bridgehead atoms. The van der Waals surface area contributed by atoms with Crippen LogP contribution in [0.3, 0.4) is 0 Å². The minimum absolute atomic E-state index is 0.133. The fourth-order valence-corrected chi connectivity index (χ4v) is 5.07. The van der Waals surface area contributed by atoms with Crippen LogP contribution in [-0.4, -0.2) is 66.1 Å². The molecule has 1 amide bonds. The Morgan fingerprint density at radius 1 is 1.22 bits per heavy atom. The Bertz CT molecular complexity index is 1000. The highest BCUT2D eigenvalue weighted by Crippen LogP contribution is 2.28. The maximum Gasteiger partial charge on any atom is 0.348 e. The van der Waals surface area contributed by atoms with Crippen LogP contribution in [-0.2, 0) is 28.9 Å². The first-order chi connectivity index (χ1) is 15.6. The molecule has 172 valence electrons. The fourth-order valence-electron chi connectivity index (χ4n) is 4.20. The van der Waals surface area contributed by atoms with Crippen molar-refractivity contribution in [1.82, 2.24) is 14.5 Å². The Hall–Kier alpha value is -2.36. The van der Waals surface area contributed by atoms with E-state index in [4.69, 9.17) is 9.47 Å². The predicted octanol–water partition coefficient (Wildman–Crippen LogP) is 2.19. The SMILES string of the molecule is COc1cccc(NC(=O)CSc2nc(=O)n(CCN3CCOCC3)c3c2CCCC3)c1. The molecule has 1 saturated heterocycles. The van der Waals surface area contributed by atoms with Crippen LogP contribution in [0.2, 0.25) is 0 Å². The molecule has 0 saturated carbocycles. The number of rotatable bonds is 8. The van der Waals surface area contributed by atoms with Gasteiger partial charge in [0, 0.05) is 49.2 Å². The van der Waals surface area contributed by atoms with Crippen LogP contribution < -0.4 is 15.7 Å². The number of nitrogens with zero attached hydrogens (tertiary/aromatic N) is 3. The summed E-state index contributed by atoms with van der Waals surface area (Å²) >= 11 is 1.35. The van der Waals surface area contributed by atoms with Gasteiger partial charge in [-0.25, -0.2) is 4.79 Å². The lowest BCUT2D eigenvalue weighted by molar-refractivity contribution is -0.113. The van der Waals surface area contributed by atoms with Gasteiger partial charge in [-0.15, -0.1) is 0 Å². The van der Waals surface area contributed by atoms with Gasteiger partial charge in [-0.1, -0.05) is 17.8 Å². The molecule has 0 atom stereocenters. The van der Waals surface area contributed by atoms with Gasteiger partial charge < -0.3 is 14.8 Å². The number of carbonyl (C=O) groups is 1. The van der Waals surface area contributed by atoms with E-state index in [1.54, 1.807) is 13.2 Å². The summed E-state index contributed by atoms with van der Waals surface area (Å²) in [7, 11) is 1.59. The third-order valence-corrected chi connectivity index (χ3v) is 6.91. The number of hydrogen-bond donors (Lipinski definition) is 1. The molecule has 2 aromatic rings. The number of morpholine rings is 1. The largest absolute Gasteiger partial charge is 0.497 e. The van der Waals surface area contributed by atoms with Crippen molar-refractivity contribution in [2.45, 2.75) is 37.3 Å². The van der Waals surface area contributed by atoms with Crippen LogP contribution in [0, 0.1) is 0 Å². The number of methoxy groups -OCH3 is 1. The van der Waals surface area contributed by atoms with Gasteiger partial charge in [0.2, 0.25) is 5.91 Å². The Labute approximate surface area is 192 Å². The molecule has 32 heavy (non-hydrogen) atoms. The number of fused-ring (bicyclic) bond motifs is 1. The summed E-state index contributed by atoms with van der Waals surface area (Å²) in [5.41, 5.74) is 2.70. The van der Waals surface area contributed by atoms with E-state index < -0.39 is 0 Å². The number of carbonyl (C=O) groups excluding carboxylic acids is 1. The van der Waals surface area contributed by atoms with E-state index in [1.807, 2.05) is 22.8 Å². The molecule has 0 spiro atoms. The van der Waals surface area contributed by atoms with Gasteiger partial charge in [-0.3, -0.25) is 14.3 Å². The molecule has 9 heteroatoms. The molecule has 4 rings (SSSR count). The van der Waals surface area contributed by atoms with Crippen LogP contribution in [0.1, 0.15) is 24.1 Å². The maximum absolute atomic E-state index is 12.9. The zero-order valence-corrected chi connectivity index (χ0v) is 19.3. The number of anilines is 1. The first-order valence-corrected chi connectivity index (χ1v) is 12.1. The van der Waals surface area contributed by atoms with Gasteiger partial charge in [-0.2, -0.15) is 4.98 Å². The van der Waals surface area contributed by atoms with Crippen molar-refractivity contribution in [2.24, 2.45) is 0 Å². The molecule has 1 aromatic heterocycles. The van der Waals surface area contributed by atoms with Crippen molar-refractivity contribution in [3.63, 3.8) is 0 Å². The van der Waals surface area contributed by atoms with Gasteiger partial charge >= 0.3 is 5.69 Å². The highest BCUT2D eigenvalue weighted by Gasteiger charge is 2.22. The lowest BCUT2D eigenvalue weighted by Gasteiger charge is -2.28. The van der Waals surface area contributed by atoms with Gasteiger partial charge in [0.15, 0.2) is 0 Å². The van der Waals surface area contributed by atoms with E-state index >= 15 is 0 Å². The van der Waals surface area contributed by atoms with Gasteiger partial charge in [0.1, 0.15) is 10.8 Å². The number of amides is 1. The molecular weight excluding hydrogens is 428 g/mol. The molecule has 1 aliphatic heterocycles. The van der Waals surface area contributed by atoms with Crippen LogP contribution in [0.25, 0.3) is 0 Å². The Kier molecular flexibility index (Phi) is 7.83. The quantitative estimate of drug-likeness (QED) is 0.479. The molecule has 0 radical (unpaired) electrons. The van der Waals surface area contributed by atoms with Crippen molar-refractivity contribution in [3.05, 3.63) is 46.0 Å². The van der Waals surface area contributed by atoms with E-state index in [0.717, 1.165) is 69.8 Å². The zero-order valence-electron chi connectivity index (χ0n) is 18.5. The lowest BCUT2D eigenvalue weighted by atomic mass is 9.97. The average molecular weight is 459 g/mol. The number of aromatic nitrogens is 2. The number of benzene rings is 1. The van der Waals surface area contributed by atoms with E-state index in [9.17, 15) is 9.59 Å². The molecule has 1 fully saturated rings. The number of thioether (sulfide) groups is 1. The maximum atomic E-state index is 12.9. The molecule has 1 aliphatic carbocycles. The molecule has 2 heterocycles. The van der Waals surface area contributed by atoms with Crippen LogP contribution in [0.5, 0.6) is 5.75 Å². The van der Waals surface area contributed by atoms with Crippen molar-refractivity contribution >= 4 is 23.4 Å². The molecular formula is C23H30N4O4S. The molecule has 1 aromatic carbocycles. The summed E-state index contributed by atoms with van der Waals surface area (Å²) in [6, 6.07) is 7.25. The second-order valence-electron chi connectivity index (χ2n) is 8.01. The molecule has 2 aliphatic rings. The summed E-state index contributed by atoms with van der Waals surface area (Å²) in [6.45, 7) is 4.78. The summed E-state index contributed by atoms with van der Waals surface area (Å²) < 4.78 is 12.5. The highest BCUT2D eigenvalue weighted by molar-refractivity contribution is 8.00. The lowest BCUT2D eigenvalue weighted by Crippen LogP contribution is -2.40. The van der Waals surface area contributed by atoms with Crippen LogP contribution in [0.4, 0.5) is 5.69 Å². The topological polar surface area (TPSA) is 85.7 Å². The molecule has 0 unspecified atom stereocenters. The zero-order chi connectivity index (χ0) is 22.3. The minimum atomic E-state index is -0.213. The van der Waals surface area contributed by atoms with E-state index in [1.165, 1.54) is 11.8 Å². The normalized spacial score (nSPS) is 16.4. The van der Waals surface area contributed by atoms with E-state index in [2.05, 4.69) is 15.2 Å². The Morgan fingerprint density at radius 3 is 2.84 bits per heavy atom. The van der Waals surface area contributed by atoms with Crippen molar-refractivity contribution in [2.75, 3.05) is 51.0 Å². The Morgan fingerprint density at radius 2 is 2.03 bits per heavy atom. The number of ether oxygens (including phenoxy) is 2. The van der Waals surface area contributed by atoms with E-state index in [0.29, 0.717) is 23.0 Å². The fraction of sp³-hybridized carbons (Fsp3) is 0.522. The van der Waals surface area contributed by atoms with Crippen molar-refractivity contribution < 1.29 is 14.3 Å². The molecule has 1 N–H and O–H groups in total. The first kappa shape index (κ1) is 22.8. The summed E-state index contributed by atoms with van der Waals surface area (Å²) in [5, 5.41) is 3.58. The number of hydrogen-bond acceptors (Lipinski definition) is 7. The van der Waals surface area contributed by atoms with E-state index in [-0.39, 0.29) is 17.3 Å². The average Bonchev–Trinajstić information content (AvgIpc) is 2.83. The standard InChI is InChI=1S/C23H30N4O4S/c1-30-18-6-4-5-17(15-18)24-21(28)16-32-22-19-7-2-3-8-20(19)27(23(29)25-22)10-9-26-11-13-31-14-12-26/h4-6,15H,2-3,7-14,16H2,1H3,(H,24,28). The van der Waals surface area contributed by atoms with Gasteiger partial charge in [0.05, 0.1) is 26.1 Å². The second kappa shape index (κ2) is 11.0. The Balaban J connectivity index is 1.43. The third-order valence-electron chi connectivity index (χ3n) is 5.89. The van der Waals surface area contributed by atoms with Crippen molar-refractivity contribution in [1.29, 1.82) is 0 Å². The van der Waals surface area contributed by atoms with Gasteiger partial charge in [-0.05, 0) is 37.8 Å². The number of nitrogens with one attached hydrogen (secondary N) is 1.